The van der Waals surface area contributed by atoms with Crippen LogP contribution in [0, 0.1) is 6.92 Å². The number of anilines is 2. The highest BCUT2D eigenvalue weighted by atomic mass is 35.5. The van der Waals surface area contributed by atoms with E-state index >= 15 is 0 Å². The lowest BCUT2D eigenvalue weighted by atomic mass is 10.2. The van der Waals surface area contributed by atoms with Gasteiger partial charge in [0.1, 0.15) is 5.82 Å². The van der Waals surface area contributed by atoms with Crippen LogP contribution in [0.15, 0.2) is 60.7 Å². The van der Waals surface area contributed by atoms with Gasteiger partial charge in [0, 0.05) is 30.1 Å². The molecule has 2 heterocycles. The fourth-order valence-corrected chi connectivity index (χ4v) is 3.20. The van der Waals surface area contributed by atoms with Crippen molar-refractivity contribution in [1.29, 1.82) is 0 Å². The summed E-state index contributed by atoms with van der Waals surface area (Å²) < 4.78 is 1.66. The second-order valence-corrected chi connectivity index (χ2v) is 7.37. The largest absolute Gasteiger partial charge is 0.364 e. The SMILES string of the molecule is Cc1ccc(NC(=O)CCc2nnc3ccc(NCc4ccccc4Cl)nn23)cc1. The van der Waals surface area contributed by atoms with Crippen molar-refractivity contribution in [3.63, 3.8) is 0 Å². The summed E-state index contributed by atoms with van der Waals surface area (Å²) in [6.45, 7) is 2.56. The molecule has 0 fully saturated rings. The Morgan fingerprint density at radius 3 is 2.63 bits per heavy atom. The number of fused-ring (bicyclic) bond motifs is 1. The van der Waals surface area contributed by atoms with Crippen molar-refractivity contribution in [2.24, 2.45) is 0 Å². The number of aryl methyl sites for hydroxylation is 2. The Balaban J connectivity index is 1.40. The molecule has 4 aromatic rings. The van der Waals surface area contributed by atoms with Gasteiger partial charge in [-0.2, -0.15) is 4.52 Å². The Labute approximate surface area is 179 Å². The Hall–Kier alpha value is -3.45. The molecule has 0 unspecified atom stereocenters. The Bertz CT molecular complexity index is 1170. The zero-order valence-corrected chi connectivity index (χ0v) is 17.2. The number of nitrogens with one attached hydrogen (secondary N) is 2. The first-order valence-electron chi connectivity index (χ1n) is 9.63. The van der Waals surface area contributed by atoms with Gasteiger partial charge in [-0.25, -0.2) is 0 Å². The van der Waals surface area contributed by atoms with Crippen LogP contribution in [0.1, 0.15) is 23.4 Å². The monoisotopic (exact) mass is 420 g/mol. The number of amides is 1. The van der Waals surface area contributed by atoms with Gasteiger partial charge in [0.2, 0.25) is 5.91 Å². The van der Waals surface area contributed by atoms with Crippen LogP contribution in [0.4, 0.5) is 11.5 Å². The maximum absolute atomic E-state index is 12.3. The Morgan fingerprint density at radius 2 is 1.83 bits per heavy atom. The fraction of sp³-hybridized carbons (Fsp3) is 0.182. The lowest BCUT2D eigenvalue weighted by Gasteiger charge is -2.08. The smallest absolute Gasteiger partial charge is 0.224 e. The molecule has 0 radical (unpaired) electrons. The van der Waals surface area contributed by atoms with Gasteiger partial charge < -0.3 is 10.6 Å². The summed E-state index contributed by atoms with van der Waals surface area (Å²) in [6.07, 6.45) is 0.716. The molecule has 2 aromatic carbocycles. The van der Waals surface area contributed by atoms with Crippen LogP contribution in [0.5, 0.6) is 0 Å². The summed E-state index contributed by atoms with van der Waals surface area (Å²) in [7, 11) is 0. The Morgan fingerprint density at radius 1 is 1.03 bits per heavy atom. The fourth-order valence-electron chi connectivity index (χ4n) is 3.00. The molecule has 30 heavy (non-hydrogen) atoms. The van der Waals surface area contributed by atoms with Crippen molar-refractivity contribution in [3.05, 3.63) is 82.6 Å². The average Bonchev–Trinajstić information content (AvgIpc) is 3.16. The molecule has 0 aliphatic rings. The highest BCUT2D eigenvalue weighted by Gasteiger charge is 2.11. The first-order valence-corrected chi connectivity index (χ1v) is 10.0. The van der Waals surface area contributed by atoms with E-state index in [4.69, 9.17) is 11.6 Å². The van der Waals surface area contributed by atoms with Gasteiger partial charge in [0.05, 0.1) is 0 Å². The zero-order valence-electron chi connectivity index (χ0n) is 16.5. The summed E-state index contributed by atoms with van der Waals surface area (Å²) in [5, 5.41) is 19.7. The molecule has 0 saturated carbocycles. The van der Waals surface area contributed by atoms with E-state index in [2.05, 4.69) is 25.9 Å². The standard InChI is InChI=1S/C22H21ClN6O/c1-15-6-8-17(9-7-15)25-22(30)13-12-21-27-26-20-11-10-19(28-29(20)21)24-14-16-4-2-3-5-18(16)23/h2-11H,12-14H2,1H3,(H,24,28)(H,25,30). The third-order valence-corrected chi connectivity index (χ3v) is 5.02. The molecule has 2 aromatic heterocycles. The number of carbonyl (C=O) groups is 1. The molecule has 0 spiro atoms. The van der Waals surface area contributed by atoms with Gasteiger partial charge in [-0.15, -0.1) is 15.3 Å². The summed E-state index contributed by atoms with van der Waals surface area (Å²) in [6, 6.07) is 19.0. The minimum atomic E-state index is -0.0800. The normalized spacial score (nSPS) is 10.9. The van der Waals surface area contributed by atoms with Gasteiger partial charge >= 0.3 is 0 Å². The first kappa shape index (κ1) is 19.8. The molecular formula is C22H21ClN6O. The van der Waals surface area contributed by atoms with Gasteiger partial charge in [-0.3, -0.25) is 4.79 Å². The van der Waals surface area contributed by atoms with Gasteiger partial charge in [0.15, 0.2) is 11.5 Å². The van der Waals surface area contributed by atoms with Crippen LogP contribution >= 0.6 is 11.6 Å². The average molecular weight is 421 g/mol. The second-order valence-electron chi connectivity index (χ2n) is 6.96. The van der Waals surface area contributed by atoms with Crippen LogP contribution in [-0.4, -0.2) is 25.7 Å². The summed E-state index contributed by atoms with van der Waals surface area (Å²) in [5.41, 5.74) is 3.54. The molecule has 0 aliphatic carbocycles. The van der Waals surface area contributed by atoms with Crippen LogP contribution in [0.2, 0.25) is 5.02 Å². The number of nitrogens with zero attached hydrogens (tertiary/aromatic N) is 4. The van der Waals surface area contributed by atoms with E-state index in [-0.39, 0.29) is 12.3 Å². The molecule has 4 rings (SSSR count). The van der Waals surface area contributed by atoms with E-state index in [9.17, 15) is 4.79 Å². The highest BCUT2D eigenvalue weighted by Crippen LogP contribution is 2.17. The number of aromatic nitrogens is 4. The third-order valence-electron chi connectivity index (χ3n) is 4.66. The van der Waals surface area contributed by atoms with Crippen molar-refractivity contribution in [2.75, 3.05) is 10.6 Å². The van der Waals surface area contributed by atoms with E-state index < -0.39 is 0 Å². The predicted molar refractivity (Wildman–Crippen MR) is 118 cm³/mol. The zero-order chi connectivity index (χ0) is 20.9. The highest BCUT2D eigenvalue weighted by molar-refractivity contribution is 6.31. The molecular weight excluding hydrogens is 400 g/mol. The third kappa shape index (κ3) is 4.75. The molecule has 8 heteroatoms. The minimum absolute atomic E-state index is 0.0800. The van der Waals surface area contributed by atoms with E-state index in [1.165, 1.54) is 0 Å². The molecule has 0 saturated heterocycles. The van der Waals surface area contributed by atoms with E-state index in [0.29, 0.717) is 35.3 Å². The molecule has 0 bridgehead atoms. The molecule has 7 nitrogen and oxygen atoms in total. The van der Waals surface area contributed by atoms with Gasteiger partial charge in [0.25, 0.3) is 0 Å². The van der Waals surface area contributed by atoms with Crippen LogP contribution in [-0.2, 0) is 17.8 Å². The minimum Gasteiger partial charge on any atom is -0.364 e. The summed E-state index contributed by atoms with van der Waals surface area (Å²) >= 11 is 6.21. The maximum Gasteiger partial charge on any atom is 0.224 e. The number of hydrogen-bond donors (Lipinski definition) is 2. The molecule has 0 atom stereocenters. The number of rotatable bonds is 7. The van der Waals surface area contributed by atoms with Crippen molar-refractivity contribution < 1.29 is 4.79 Å². The molecule has 0 aliphatic heterocycles. The quantitative estimate of drug-likeness (QED) is 0.466. The lowest BCUT2D eigenvalue weighted by molar-refractivity contribution is -0.116. The van der Waals surface area contributed by atoms with Gasteiger partial charge in [-0.05, 0) is 42.8 Å². The lowest BCUT2D eigenvalue weighted by Crippen LogP contribution is -2.13. The van der Waals surface area contributed by atoms with Crippen molar-refractivity contribution in [1.82, 2.24) is 19.8 Å². The number of carbonyl (C=O) groups excluding carboxylic acids is 1. The van der Waals surface area contributed by atoms with Crippen molar-refractivity contribution in [2.45, 2.75) is 26.3 Å². The van der Waals surface area contributed by atoms with Crippen LogP contribution < -0.4 is 10.6 Å². The summed E-state index contributed by atoms with van der Waals surface area (Å²) in [4.78, 5) is 12.3. The summed E-state index contributed by atoms with van der Waals surface area (Å²) in [5.74, 6) is 1.22. The topological polar surface area (TPSA) is 84.2 Å². The number of benzene rings is 2. The van der Waals surface area contributed by atoms with Crippen LogP contribution in [0.25, 0.3) is 5.65 Å². The van der Waals surface area contributed by atoms with Gasteiger partial charge in [-0.1, -0.05) is 47.5 Å². The first-order chi connectivity index (χ1) is 14.6. The van der Waals surface area contributed by atoms with E-state index in [0.717, 1.165) is 16.8 Å². The van der Waals surface area contributed by atoms with E-state index in [1.54, 1.807) is 4.52 Å². The molecule has 152 valence electrons. The van der Waals surface area contributed by atoms with Crippen molar-refractivity contribution >= 4 is 34.7 Å². The van der Waals surface area contributed by atoms with Crippen molar-refractivity contribution in [3.8, 4) is 0 Å². The van der Waals surface area contributed by atoms with E-state index in [1.807, 2.05) is 67.6 Å². The molecule has 2 N–H and O–H groups in total. The number of halogens is 1. The maximum atomic E-state index is 12.3. The Kier molecular flexibility index (Phi) is 5.90. The number of hydrogen-bond acceptors (Lipinski definition) is 5. The second kappa shape index (κ2) is 8.92. The molecule has 1 amide bonds. The van der Waals surface area contributed by atoms with Crippen LogP contribution in [0.3, 0.4) is 0 Å². The predicted octanol–water partition coefficient (Wildman–Crippen LogP) is 4.27.